The molecule has 0 bridgehead atoms. The quantitative estimate of drug-likeness (QED) is 0.239. The summed E-state index contributed by atoms with van der Waals surface area (Å²) < 4.78 is 16.3. The van der Waals surface area contributed by atoms with Crippen LogP contribution in [0.4, 0.5) is 5.69 Å². The van der Waals surface area contributed by atoms with Gasteiger partial charge in [0.2, 0.25) is 11.8 Å². The van der Waals surface area contributed by atoms with E-state index < -0.39 is 23.8 Å². The van der Waals surface area contributed by atoms with Crippen molar-refractivity contribution >= 4 is 54.1 Å². The number of piperazine rings is 1. The topological polar surface area (TPSA) is 144 Å². The second kappa shape index (κ2) is 16.1. The van der Waals surface area contributed by atoms with Crippen molar-refractivity contribution in [3.05, 3.63) is 29.3 Å². The molecule has 0 aliphatic carbocycles. The van der Waals surface area contributed by atoms with Crippen molar-refractivity contribution in [3.63, 3.8) is 0 Å². The fourth-order valence-electron chi connectivity index (χ4n) is 4.70. The minimum atomic E-state index is -0.957. The Bertz CT molecular complexity index is 1010. The summed E-state index contributed by atoms with van der Waals surface area (Å²) in [5.41, 5.74) is 6.81. The number of amides is 4. The average molecular weight is 591 g/mol. The summed E-state index contributed by atoms with van der Waals surface area (Å²) in [6.07, 6.45) is 0.245. The smallest absolute Gasteiger partial charge is 0.262 e. The van der Waals surface area contributed by atoms with Crippen LogP contribution in [0.15, 0.2) is 18.2 Å². The molecule has 0 spiro atoms. The van der Waals surface area contributed by atoms with Crippen molar-refractivity contribution < 1.29 is 33.4 Å². The fourth-order valence-corrected chi connectivity index (χ4v) is 4.70. The lowest BCUT2D eigenvalue weighted by Crippen LogP contribution is -2.54. The van der Waals surface area contributed by atoms with Gasteiger partial charge in [0, 0.05) is 51.4 Å². The number of benzene rings is 1. The van der Waals surface area contributed by atoms with Gasteiger partial charge in [-0.1, -0.05) is 0 Å². The third-order valence-electron chi connectivity index (χ3n) is 6.72. The Morgan fingerprint density at radius 3 is 2.08 bits per heavy atom. The van der Waals surface area contributed by atoms with Crippen molar-refractivity contribution in [2.45, 2.75) is 18.9 Å². The molecule has 1 aromatic rings. The minimum Gasteiger partial charge on any atom is -0.378 e. The standard InChI is InChI=1S/C25H35N5O7.2ClH/c26-5-11-35-13-15-37-16-14-36-12-10-28-6-8-29(9-7-28)18-1-2-19-20(17-18)25(34)30(24(19)33)21-3-4-22(31)27-23(21)32;;/h1-2,17,21H,3-16,26H2,(H,27,31,32);2*1H. The second-order valence-electron chi connectivity index (χ2n) is 9.13. The van der Waals surface area contributed by atoms with Crippen LogP contribution in [0.3, 0.4) is 0 Å². The van der Waals surface area contributed by atoms with Gasteiger partial charge in [0.15, 0.2) is 0 Å². The van der Waals surface area contributed by atoms with Gasteiger partial charge < -0.3 is 24.8 Å². The molecule has 0 saturated carbocycles. The first-order valence-corrected chi connectivity index (χ1v) is 12.8. The number of nitrogens with one attached hydrogen (secondary N) is 1. The van der Waals surface area contributed by atoms with Crippen LogP contribution in [0.1, 0.15) is 33.6 Å². The van der Waals surface area contributed by atoms with E-state index in [1.54, 1.807) is 12.1 Å². The zero-order chi connectivity index (χ0) is 26.2. The molecule has 2 fully saturated rings. The van der Waals surface area contributed by atoms with Crippen molar-refractivity contribution in [1.82, 2.24) is 15.1 Å². The van der Waals surface area contributed by atoms with E-state index in [2.05, 4.69) is 15.1 Å². The number of hydrogen-bond acceptors (Lipinski definition) is 10. The number of piperidine rings is 1. The molecule has 4 amide bonds. The Morgan fingerprint density at radius 1 is 0.821 bits per heavy atom. The molecule has 0 aromatic heterocycles. The third kappa shape index (κ3) is 8.34. The highest BCUT2D eigenvalue weighted by molar-refractivity contribution is 6.23. The van der Waals surface area contributed by atoms with Crippen LogP contribution in [-0.4, -0.2) is 118 Å². The van der Waals surface area contributed by atoms with Gasteiger partial charge in [-0.25, -0.2) is 0 Å². The monoisotopic (exact) mass is 589 g/mol. The lowest BCUT2D eigenvalue weighted by Gasteiger charge is -2.36. The van der Waals surface area contributed by atoms with Crippen LogP contribution >= 0.6 is 24.8 Å². The maximum absolute atomic E-state index is 13.1. The summed E-state index contributed by atoms with van der Waals surface area (Å²) in [5.74, 6) is -1.97. The Labute approximate surface area is 240 Å². The Balaban J connectivity index is 0.00000267. The van der Waals surface area contributed by atoms with Gasteiger partial charge in [0.05, 0.1) is 50.8 Å². The summed E-state index contributed by atoms with van der Waals surface area (Å²) in [4.78, 5) is 55.2. The summed E-state index contributed by atoms with van der Waals surface area (Å²) in [7, 11) is 0. The van der Waals surface area contributed by atoms with Gasteiger partial charge in [-0.15, -0.1) is 24.8 Å². The summed E-state index contributed by atoms with van der Waals surface area (Å²) in [6.45, 7) is 7.90. The van der Waals surface area contributed by atoms with Crippen LogP contribution < -0.4 is 16.0 Å². The molecule has 4 rings (SSSR count). The van der Waals surface area contributed by atoms with Gasteiger partial charge in [0.25, 0.3) is 11.8 Å². The average Bonchev–Trinajstić information content (AvgIpc) is 3.15. The predicted molar refractivity (Wildman–Crippen MR) is 148 cm³/mol. The molecule has 3 N–H and O–H groups in total. The molecular formula is C25H37Cl2N5O7. The number of carbonyl (C=O) groups is 4. The van der Waals surface area contributed by atoms with E-state index in [0.29, 0.717) is 57.3 Å². The number of nitrogens with zero attached hydrogens (tertiary/aromatic N) is 3. The van der Waals surface area contributed by atoms with E-state index in [1.807, 2.05) is 6.07 Å². The maximum atomic E-state index is 13.1. The van der Waals surface area contributed by atoms with E-state index in [4.69, 9.17) is 19.9 Å². The first kappa shape index (κ1) is 32.9. The highest BCUT2D eigenvalue weighted by Crippen LogP contribution is 2.31. The molecule has 3 aliphatic heterocycles. The highest BCUT2D eigenvalue weighted by atomic mass is 35.5. The maximum Gasteiger partial charge on any atom is 0.262 e. The number of nitrogens with two attached hydrogens (primary N) is 1. The third-order valence-corrected chi connectivity index (χ3v) is 6.72. The normalized spacial score (nSPS) is 19.5. The molecule has 1 unspecified atom stereocenters. The lowest BCUT2D eigenvalue weighted by atomic mass is 10.0. The first-order chi connectivity index (χ1) is 18.0. The number of ether oxygens (including phenoxy) is 3. The SMILES string of the molecule is Cl.Cl.NCCOCCOCCOCCN1CCN(c2ccc3c(c2)C(=O)N(C2CCC(=O)NC2=O)C3=O)CC1. The molecule has 12 nitrogen and oxygen atoms in total. The zero-order valence-electron chi connectivity index (χ0n) is 21.8. The predicted octanol–water partition coefficient (Wildman–Crippen LogP) is 0.0619. The van der Waals surface area contributed by atoms with Crippen LogP contribution in [0.25, 0.3) is 0 Å². The van der Waals surface area contributed by atoms with Crippen LogP contribution in [0, 0.1) is 0 Å². The molecule has 1 aromatic carbocycles. The Morgan fingerprint density at radius 2 is 1.44 bits per heavy atom. The van der Waals surface area contributed by atoms with Crippen LogP contribution in [0.2, 0.25) is 0 Å². The van der Waals surface area contributed by atoms with Gasteiger partial charge in [-0.3, -0.25) is 34.3 Å². The second-order valence-corrected chi connectivity index (χ2v) is 9.13. The molecule has 1 atom stereocenters. The molecule has 3 aliphatic rings. The zero-order valence-corrected chi connectivity index (χ0v) is 23.4. The number of carbonyl (C=O) groups excluding carboxylic acids is 4. The highest BCUT2D eigenvalue weighted by Gasteiger charge is 2.44. The molecule has 3 heterocycles. The van der Waals surface area contributed by atoms with E-state index in [0.717, 1.165) is 43.3 Å². The largest absolute Gasteiger partial charge is 0.378 e. The van der Waals surface area contributed by atoms with E-state index in [9.17, 15) is 19.2 Å². The van der Waals surface area contributed by atoms with Gasteiger partial charge in [-0.2, -0.15) is 0 Å². The van der Waals surface area contributed by atoms with Crippen LogP contribution in [0.5, 0.6) is 0 Å². The number of halogens is 2. The lowest BCUT2D eigenvalue weighted by molar-refractivity contribution is -0.136. The number of anilines is 1. The summed E-state index contributed by atoms with van der Waals surface area (Å²) in [6, 6.07) is 4.28. The summed E-state index contributed by atoms with van der Waals surface area (Å²) in [5, 5.41) is 2.22. The van der Waals surface area contributed by atoms with E-state index in [-0.39, 0.29) is 43.6 Å². The summed E-state index contributed by atoms with van der Waals surface area (Å²) >= 11 is 0. The van der Waals surface area contributed by atoms with Crippen molar-refractivity contribution in [2.24, 2.45) is 5.73 Å². The molecule has 218 valence electrons. The van der Waals surface area contributed by atoms with Crippen LogP contribution in [-0.2, 0) is 23.8 Å². The number of rotatable bonds is 13. The fraction of sp³-hybridized carbons (Fsp3) is 0.600. The number of imide groups is 2. The van der Waals surface area contributed by atoms with Crippen molar-refractivity contribution in [3.8, 4) is 0 Å². The Kier molecular flexibility index (Phi) is 13.5. The van der Waals surface area contributed by atoms with Crippen molar-refractivity contribution in [1.29, 1.82) is 0 Å². The van der Waals surface area contributed by atoms with E-state index in [1.165, 1.54) is 0 Å². The van der Waals surface area contributed by atoms with Crippen molar-refractivity contribution in [2.75, 3.05) is 83.8 Å². The molecular weight excluding hydrogens is 553 g/mol. The molecule has 0 radical (unpaired) electrons. The van der Waals surface area contributed by atoms with Gasteiger partial charge in [0.1, 0.15) is 6.04 Å². The minimum absolute atomic E-state index is 0. The first-order valence-electron chi connectivity index (χ1n) is 12.8. The molecule has 2 saturated heterocycles. The number of fused-ring (bicyclic) bond motifs is 1. The Hall–Kier alpha value is -2.32. The number of hydrogen-bond donors (Lipinski definition) is 2. The molecule has 14 heteroatoms. The van der Waals surface area contributed by atoms with Gasteiger partial charge >= 0.3 is 0 Å². The van der Waals surface area contributed by atoms with E-state index >= 15 is 0 Å². The van der Waals surface area contributed by atoms with Gasteiger partial charge in [-0.05, 0) is 24.6 Å². The molecule has 39 heavy (non-hydrogen) atoms.